The predicted molar refractivity (Wildman–Crippen MR) is 50.3 cm³/mol. The molecule has 0 atom stereocenters. The van der Waals surface area contributed by atoms with E-state index in [1.54, 1.807) is 0 Å². The van der Waals surface area contributed by atoms with E-state index in [4.69, 9.17) is 5.11 Å². The molecule has 0 saturated carbocycles. The lowest BCUT2D eigenvalue weighted by Crippen LogP contribution is -2.19. The van der Waals surface area contributed by atoms with Crippen molar-refractivity contribution < 1.29 is 36.2 Å². The van der Waals surface area contributed by atoms with Gasteiger partial charge >= 0.3 is 12.5 Å². The van der Waals surface area contributed by atoms with Gasteiger partial charge in [-0.25, -0.2) is 4.98 Å². The maximum Gasteiger partial charge on any atom is 0.574 e. The molecule has 0 unspecified atom stereocenters. The molecule has 0 amide bonds. The molecule has 0 aromatic carbocycles. The number of ether oxygens (including phenoxy) is 1. The molecule has 0 aliphatic carbocycles. The van der Waals surface area contributed by atoms with Gasteiger partial charge < -0.3 is 9.84 Å². The maximum absolute atomic E-state index is 12.3. The number of pyridine rings is 1. The Balaban J connectivity index is 3.21. The monoisotopic (exact) mass is 373 g/mol. The van der Waals surface area contributed by atoms with E-state index < -0.39 is 33.3 Å². The van der Waals surface area contributed by atoms with E-state index in [9.17, 15) is 26.3 Å². The van der Waals surface area contributed by atoms with Gasteiger partial charge in [-0.05, 0) is 22.6 Å². The number of alkyl halides is 6. The number of halogens is 7. The number of aromatic nitrogens is 1. The average Bonchev–Trinajstić information content (AvgIpc) is 2.08. The summed E-state index contributed by atoms with van der Waals surface area (Å²) in [5.41, 5.74) is -1.34. The number of nitrogens with zero attached hydrogens (tertiary/aromatic N) is 1. The van der Waals surface area contributed by atoms with E-state index in [1.807, 2.05) is 0 Å². The molecular weight excluding hydrogens is 371 g/mol. The summed E-state index contributed by atoms with van der Waals surface area (Å²) in [4.78, 5) is 2.77. The van der Waals surface area contributed by atoms with Crippen LogP contribution in [-0.2, 0) is 6.18 Å². The lowest BCUT2D eigenvalue weighted by atomic mass is 10.2. The van der Waals surface area contributed by atoms with Crippen LogP contribution in [0.5, 0.6) is 11.6 Å². The van der Waals surface area contributed by atoms with E-state index in [-0.39, 0.29) is 6.20 Å². The van der Waals surface area contributed by atoms with Crippen molar-refractivity contribution in [2.45, 2.75) is 12.5 Å². The molecule has 0 radical (unpaired) electrons. The van der Waals surface area contributed by atoms with Gasteiger partial charge in [0.1, 0.15) is 0 Å². The Kier molecular flexibility index (Phi) is 3.64. The highest BCUT2D eigenvalue weighted by Gasteiger charge is 2.38. The molecule has 1 aromatic rings. The Morgan fingerprint density at radius 2 is 1.71 bits per heavy atom. The van der Waals surface area contributed by atoms with E-state index in [0.29, 0.717) is 0 Å². The van der Waals surface area contributed by atoms with Crippen molar-refractivity contribution in [2.24, 2.45) is 0 Å². The minimum atomic E-state index is -5.15. The van der Waals surface area contributed by atoms with Crippen molar-refractivity contribution in [1.82, 2.24) is 4.98 Å². The van der Waals surface area contributed by atoms with Crippen molar-refractivity contribution in [3.8, 4) is 11.6 Å². The van der Waals surface area contributed by atoms with Gasteiger partial charge in [0.15, 0.2) is 5.75 Å². The molecule has 1 heterocycles. The molecule has 96 valence electrons. The molecule has 1 aromatic heterocycles. The lowest BCUT2D eigenvalue weighted by Gasteiger charge is -2.13. The van der Waals surface area contributed by atoms with Gasteiger partial charge in [-0.2, -0.15) is 13.2 Å². The first-order valence-electron chi connectivity index (χ1n) is 3.73. The van der Waals surface area contributed by atoms with Crippen LogP contribution in [0.15, 0.2) is 6.20 Å². The second-order valence-electron chi connectivity index (χ2n) is 2.69. The summed E-state index contributed by atoms with van der Waals surface area (Å²) in [6, 6.07) is 0. The van der Waals surface area contributed by atoms with Gasteiger partial charge in [0.2, 0.25) is 0 Å². The third kappa shape index (κ3) is 3.51. The lowest BCUT2D eigenvalue weighted by molar-refractivity contribution is -0.276. The molecule has 10 heteroatoms. The van der Waals surface area contributed by atoms with Crippen LogP contribution in [0.25, 0.3) is 0 Å². The zero-order valence-corrected chi connectivity index (χ0v) is 9.68. The van der Waals surface area contributed by atoms with Crippen LogP contribution >= 0.6 is 22.6 Å². The molecule has 0 saturated heterocycles. The molecule has 0 fully saturated rings. The van der Waals surface area contributed by atoms with Crippen molar-refractivity contribution in [3.05, 3.63) is 15.3 Å². The summed E-state index contributed by atoms with van der Waals surface area (Å²) in [6.45, 7) is 0. The van der Waals surface area contributed by atoms with Gasteiger partial charge in [-0.15, -0.1) is 13.2 Å². The smallest absolute Gasteiger partial charge is 0.502 e. The van der Waals surface area contributed by atoms with Crippen LogP contribution in [0.2, 0.25) is 0 Å². The molecule has 0 bridgehead atoms. The molecule has 1 rings (SSSR count). The zero-order valence-electron chi connectivity index (χ0n) is 7.53. The summed E-state index contributed by atoms with van der Waals surface area (Å²) in [5, 5.41) is 9.11. The van der Waals surface area contributed by atoms with Crippen molar-refractivity contribution in [2.75, 3.05) is 0 Å². The molecule has 0 spiro atoms. The van der Waals surface area contributed by atoms with Gasteiger partial charge in [-0.1, -0.05) is 0 Å². The minimum absolute atomic E-state index is 0.155. The third-order valence-electron chi connectivity index (χ3n) is 1.48. The molecule has 1 N–H and O–H groups in total. The quantitative estimate of drug-likeness (QED) is 0.607. The fourth-order valence-corrected chi connectivity index (χ4v) is 1.52. The normalized spacial score (nSPS) is 12.6. The Bertz CT molecular complexity index is 430. The van der Waals surface area contributed by atoms with Crippen LogP contribution in [0.4, 0.5) is 26.3 Å². The summed E-state index contributed by atoms with van der Waals surface area (Å²) in [7, 11) is 0. The van der Waals surface area contributed by atoms with E-state index in [0.717, 1.165) is 22.6 Å². The number of hydrogen-bond acceptors (Lipinski definition) is 3. The molecule has 3 nitrogen and oxygen atoms in total. The largest absolute Gasteiger partial charge is 0.574 e. The molecule has 0 aliphatic heterocycles. The summed E-state index contributed by atoms with van der Waals surface area (Å²) in [5.74, 6) is -2.63. The van der Waals surface area contributed by atoms with Gasteiger partial charge in [0.25, 0.3) is 5.88 Å². The summed E-state index contributed by atoms with van der Waals surface area (Å²) < 4.78 is 74.6. The Morgan fingerprint density at radius 3 is 2.12 bits per heavy atom. The third-order valence-corrected chi connectivity index (χ3v) is 2.57. The van der Waals surface area contributed by atoms with Crippen LogP contribution < -0.4 is 4.74 Å². The first kappa shape index (κ1) is 14.1. The molecular formula is C7H2F6INO2. The first-order chi connectivity index (χ1) is 7.52. The standard InChI is InChI=1S/C7H2F6INO2/c8-6(9,10)2-1-15-5(4(16)3(2)14)17-7(11,12)13/h1,16H. The fourth-order valence-electron chi connectivity index (χ4n) is 0.844. The zero-order chi connectivity index (χ0) is 13.4. The van der Waals surface area contributed by atoms with Crippen LogP contribution in [0, 0.1) is 3.57 Å². The fraction of sp³-hybridized carbons (Fsp3) is 0.286. The average molecular weight is 373 g/mol. The predicted octanol–water partition coefficient (Wildman–Crippen LogP) is 3.31. The Hall–Kier alpha value is -0.940. The first-order valence-corrected chi connectivity index (χ1v) is 4.80. The van der Waals surface area contributed by atoms with Crippen LogP contribution in [0.1, 0.15) is 5.56 Å². The van der Waals surface area contributed by atoms with Crippen LogP contribution in [0.3, 0.4) is 0 Å². The van der Waals surface area contributed by atoms with Crippen molar-refractivity contribution >= 4 is 22.6 Å². The summed E-state index contributed by atoms with van der Waals surface area (Å²) >= 11 is 1.05. The van der Waals surface area contributed by atoms with Gasteiger partial charge in [0.05, 0.1) is 9.13 Å². The Labute approximate surface area is 104 Å². The summed E-state index contributed by atoms with van der Waals surface area (Å²) in [6.07, 6.45) is -9.81. The van der Waals surface area contributed by atoms with E-state index >= 15 is 0 Å². The van der Waals surface area contributed by atoms with Crippen molar-refractivity contribution in [3.63, 3.8) is 0 Å². The highest BCUT2D eigenvalue weighted by atomic mass is 127. The highest BCUT2D eigenvalue weighted by Crippen LogP contribution is 2.40. The van der Waals surface area contributed by atoms with Crippen LogP contribution in [-0.4, -0.2) is 16.5 Å². The number of rotatable bonds is 1. The topological polar surface area (TPSA) is 42.4 Å². The highest BCUT2D eigenvalue weighted by molar-refractivity contribution is 14.1. The second-order valence-corrected chi connectivity index (χ2v) is 3.76. The SMILES string of the molecule is Oc1c(OC(F)(F)F)ncc(C(F)(F)F)c1I. The molecule has 0 aliphatic rings. The Morgan fingerprint density at radius 1 is 1.18 bits per heavy atom. The minimum Gasteiger partial charge on any atom is -0.502 e. The van der Waals surface area contributed by atoms with Crippen molar-refractivity contribution in [1.29, 1.82) is 0 Å². The van der Waals surface area contributed by atoms with E-state index in [2.05, 4.69) is 9.72 Å². The number of hydrogen-bond donors (Lipinski definition) is 1. The van der Waals surface area contributed by atoms with Gasteiger partial charge in [-0.3, -0.25) is 0 Å². The maximum atomic E-state index is 12.3. The van der Waals surface area contributed by atoms with E-state index in [1.165, 1.54) is 0 Å². The molecule has 17 heavy (non-hydrogen) atoms. The van der Waals surface area contributed by atoms with Gasteiger partial charge in [0, 0.05) is 6.20 Å². The second kappa shape index (κ2) is 4.38. The number of aromatic hydroxyl groups is 1.